The fourth-order valence-electron chi connectivity index (χ4n) is 1.96. The summed E-state index contributed by atoms with van der Waals surface area (Å²) in [5, 5.41) is 11.3. The molecule has 22 heavy (non-hydrogen) atoms. The van der Waals surface area contributed by atoms with Crippen molar-refractivity contribution in [1.29, 1.82) is 5.26 Å². The minimum Gasteiger partial charge on any atom is -0.469 e. The Bertz CT molecular complexity index is 582. The molecule has 5 nitrogen and oxygen atoms in total. The van der Waals surface area contributed by atoms with Gasteiger partial charge in [-0.3, -0.25) is 9.59 Å². The minimum absolute atomic E-state index is 0.125. The smallest absolute Gasteiger partial charge is 0.305 e. The number of ether oxygens (including phenoxy) is 1. The van der Waals surface area contributed by atoms with Crippen LogP contribution in [0, 0.1) is 11.3 Å². The lowest BCUT2D eigenvalue weighted by Crippen LogP contribution is -2.11. The number of amides is 1. The summed E-state index contributed by atoms with van der Waals surface area (Å²) in [6.45, 7) is 0. The van der Waals surface area contributed by atoms with Crippen LogP contribution in [0.4, 0.5) is 5.69 Å². The second-order valence-electron chi connectivity index (χ2n) is 4.98. The topological polar surface area (TPSA) is 79.2 Å². The lowest BCUT2D eigenvalue weighted by atomic mass is 10.1. The number of esters is 1. The summed E-state index contributed by atoms with van der Waals surface area (Å²) >= 11 is 0. The van der Waals surface area contributed by atoms with E-state index >= 15 is 0 Å². The molecule has 0 aromatic heterocycles. The highest BCUT2D eigenvalue weighted by Gasteiger charge is 2.03. The average molecular weight is 303 g/mol. The van der Waals surface area contributed by atoms with Gasteiger partial charge in [-0.05, 0) is 30.5 Å². The Kier molecular flexibility index (Phi) is 7.57. The summed E-state index contributed by atoms with van der Waals surface area (Å²) in [5.41, 5.74) is 1.23. The SMILES string of the molecule is [2H]c1cc(CC#N)ccc1NC(=O)CCCCCCC(=O)OC. The standard InChI is InChI=1S/C17H22N2O3/c1-22-17(21)7-5-3-2-4-6-16(20)19-15-10-8-14(9-11-15)12-13-18/h8-11H,2-7,12H2,1H3,(H,19,20)/i10D. The predicted molar refractivity (Wildman–Crippen MR) is 84.1 cm³/mol. The molecule has 0 heterocycles. The first-order chi connectivity index (χ1) is 11.1. The lowest BCUT2D eigenvalue weighted by Gasteiger charge is -2.06. The molecule has 1 N–H and O–H groups in total. The molecule has 0 aliphatic carbocycles. The van der Waals surface area contributed by atoms with Gasteiger partial charge in [0, 0.05) is 18.5 Å². The van der Waals surface area contributed by atoms with Crippen LogP contribution in [0.5, 0.6) is 0 Å². The zero-order valence-corrected chi connectivity index (χ0v) is 12.9. The van der Waals surface area contributed by atoms with Gasteiger partial charge in [-0.1, -0.05) is 25.0 Å². The summed E-state index contributed by atoms with van der Waals surface area (Å²) in [4.78, 5) is 22.8. The van der Waals surface area contributed by atoms with E-state index in [0.29, 0.717) is 18.5 Å². The number of rotatable bonds is 9. The normalized spacial score (nSPS) is 10.5. The van der Waals surface area contributed by atoms with Crippen molar-refractivity contribution in [2.24, 2.45) is 0 Å². The van der Waals surface area contributed by atoms with Gasteiger partial charge in [-0.15, -0.1) is 0 Å². The largest absolute Gasteiger partial charge is 0.469 e. The third-order valence-corrected chi connectivity index (χ3v) is 3.20. The van der Waals surface area contributed by atoms with E-state index in [-0.39, 0.29) is 24.3 Å². The number of benzene rings is 1. The third-order valence-electron chi connectivity index (χ3n) is 3.20. The Balaban J connectivity index is 2.26. The molecule has 5 heteroatoms. The van der Waals surface area contributed by atoms with E-state index in [1.807, 2.05) is 6.07 Å². The second-order valence-corrected chi connectivity index (χ2v) is 4.98. The van der Waals surface area contributed by atoms with Crippen LogP contribution in [0.15, 0.2) is 24.2 Å². The molecule has 0 saturated carbocycles. The van der Waals surface area contributed by atoms with E-state index < -0.39 is 0 Å². The molecule has 0 spiro atoms. The summed E-state index contributed by atoms with van der Waals surface area (Å²) in [5.74, 6) is -0.329. The molecule has 0 atom stereocenters. The van der Waals surface area contributed by atoms with Gasteiger partial charge >= 0.3 is 5.97 Å². The molecule has 0 radical (unpaired) electrons. The maximum Gasteiger partial charge on any atom is 0.305 e. The third kappa shape index (κ3) is 7.44. The molecular weight excluding hydrogens is 280 g/mol. The Hall–Kier alpha value is -2.35. The van der Waals surface area contributed by atoms with Gasteiger partial charge in [0.05, 0.1) is 21.0 Å². The first-order valence-corrected chi connectivity index (χ1v) is 7.40. The van der Waals surface area contributed by atoms with Crippen LogP contribution < -0.4 is 5.32 Å². The summed E-state index contributed by atoms with van der Waals surface area (Å²) in [6.07, 6.45) is 4.33. The number of nitrogens with zero attached hydrogens (tertiary/aromatic N) is 1. The highest BCUT2D eigenvalue weighted by atomic mass is 16.5. The van der Waals surface area contributed by atoms with E-state index in [0.717, 1.165) is 31.2 Å². The molecule has 1 aromatic carbocycles. The van der Waals surface area contributed by atoms with Crippen molar-refractivity contribution in [3.05, 3.63) is 29.8 Å². The van der Waals surface area contributed by atoms with E-state index in [1.165, 1.54) is 7.11 Å². The number of hydrogen-bond acceptors (Lipinski definition) is 4. The number of anilines is 1. The Morgan fingerprint density at radius 3 is 2.59 bits per heavy atom. The summed E-state index contributed by atoms with van der Waals surface area (Å²) < 4.78 is 12.4. The molecule has 0 bridgehead atoms. The zero-order chi connectivity index (χ0) is 17.1. The molecule has 0 unspecified atom stereocenters. The van der Waals surface area contributed by atoms with Crippen LogP contribution in [-0.2, 0) is 20.7 Å². The number of nitriles is 1. The van der Waals surface area contributed by atoms with Crippen molar-refractivity contribution >= 4 is 17.6 Å². The molecule has 1 rings (SSSR count). The first-order valence-electron chi connectivity index (χ1n) is 7.90. The Morgan fingerprint density at radius 1 is 1.23 bits per heavy atom. The first kappa shape index (κ1) is 16.0. The molecular formula is C17H22N2O3. The van der Waals surface area contributed by atoms with Gasteiger partial charge in [0.1, 0.15) is 0 Å². The van der Waals surface area contributed by atoms with Crippen molar-refractivity contribution in [2.75, 3.05) is 12.4 Å². The predicted octanol–water partition coefficient (Wildman–Crippen LogP) is 3.20. The fourth-order valence-corrected chi connectivity index (χ4v) is 1.96. The zero-order valence-electron chi connectivity index (χ0n) is 13.9. The van der Waals surface area contributed by atoms with Gasteiger partial charge in [-0.25, -0.2) is 0 Å². The summed E-state index contributed by atoms with van der Waals surface area (Å²) in [6, 6.07) is 7.22. The second kappa shape index (κ2) is 10.4. The van der Waals surface area contributed by atoms with E-state index in [1.54, 1.807) is 18.2 Å². The molecule has 0 aliphatic rings. The van der Waals surface area contributed by atoms with Crippen LogP contribution in [0.3, 0.4) is 0 Å². The highest BCUT2D eigenvalue weighted by Crippen LogP contribution is 2.12. The van der Waals surface area contributed by atoms with Crippen molar-refractivity contribution in [3.8, 4) is 6.07 Å². The van der Waals surface area contributed by atoms with Gasteiger partial charge in [0.2, 0.25) is 5.91 Å². The van der Waals surface area contributed by atoms with Crippen molar-refractivity contribution < 1.29 is 15.7 Å². The van der Waals surface area contributed by atoms with Crippen LogP contribution in [0.2, 0.25) is 0 Å². The number of hydrogen-bond donors (Lipinski definition) is 1. The van der Waals surface area contributed by atoms with E-state index in [2.05, 4.69) is 10.1 Å². The number of methoxy groups -OCH3 is 1. The van der Waals surface area contributed by atoms with Crippen LogP contribution in [0.1, 0.15) is 45.5 Å². The van der Waals surface area contributed by atoms with Gasteiger partial charge < -0.3 is 10.1 Å². The summed E-state index contributed by atoms with van der Waals surface area (Å²) in [7, 11) is 1.38. The number of carbonyl (C=O) groups excluding carboxylic acids is 2. The van der Waals surface area contributed by atoms with E-state index in [9.17, 15) is 9.59 Å². The molecule has 118 valence electrons. The highest BCUT2D eigenvalue weighted by molar-refractivity contribution is 5.90. The Labute approximate surface area is 132 Å². The Morgan fingerprint density at radius 2 is 1.95 bits per heavy atom. The quantitative estimate of drug-likeness (QED) is 0.561. The average Bonchev–Trinajstić information content (AvgIpc) is 2.53. The van der Waals surface area contributed by atoms with Gasteiger partial charge in [-0.2, -0.15) is 5.26 Å². The van der Waals surface area contributed by atoms with Crippen LogP contribution >= 0.6 is 0 Å². The van der Waals surface area contributed by atoms with Gasteiger partial charge in [0.15, 0.2) is 0 Å². The number of unbranched alkanes of at least 4 members (excludes halogenated alkanes) is 3. The maximum absolute atomic E-state index is 11.8. The van der Waals surface area contributed by atoms with Crippen LogP contribution in [0.25, 0.3) is 0 Å². The monoisotopic (exact) mass is 303 g/mol. The van der Waals surface area contributed by atoms with E-state index in [4.69, 9.17) is 6.63 Å². The van der Waals surface area contributed by atoms with Crippen LogP contribution in [-0.4, -0.2) is 19.0 Å². The van der Waals surface area contributed by atoms with Gasteiger partial charge in [0.25, 0.3) is 0 Å². The van der Waals surface area contributed by atoms with Crippen molar-refractivity contribution in [1.82, 2.24) is 0 Å². The lowest BCUT2D eigenvalue weighted by molar-refractivity contribution is -0.140. The minimum atomic E-state index is -0.203. The molecule has 1 aromatic rings. The fraction of sp³-hybridized carbons (Fsp3) is 0.471. The molecule has 0 aliphatic heterocycles. The maximum atomic E-state index is 11.8. The van der Waals surface area contributed by atoms with Crippen molar-refractivity contribution in [3.63, 3.8) is 0 Å². The molecule has 1 amide bonds. The number of nitrogens with one attached hydrogen (secondary N) is 1. The van der Waals surface area contributed by atoms with Crippen molar-refractivity contribution in [2.45, 2.75) is 44.9 Å². The molecule has 0 saturated heterocycles. The molecule has 0 fully saturated rings. The number of carbonyl (C=O) groups is 2.